The second-order valence-corrected chi connectivity index (χ2v) is 7.10. The minimum absolute atomic E-state index is 0.0478. The number of carbonyl (C=O) groups excluding carboxylic acids is 1. The average Bonchev–Trinajstić information content (AvgIpc) is 3.12. The van der Waals surface area contributed by atoms with Crippen LogP contribution in [0, 0.1) is 11.7 Å². The summed E-state index contributed by atoms with van der Waals surface area (Å²) in [5.41, 5.74) is -2.41. The van der Waals surface area contributed by atoms with Gasteiger partial charge in [0.25, 0.3) is 5.91 Å². The Hall–Kier alpha value is -2.49. The highest BCUT2D eigenvalue weighted by Gasteiger charge is 2.42. The van der Waals surface area contributed by atoms with Gasteiger partial charge in [-0.3, -0.25) is 4.79 Å². The molecule has 6 nitrogen and oxygen atoms in total. The summed E-state index contributed by atoms with van der Waals surface area (Å²) in [7, 11) is 0. The molecule has 0 radical (unpaired) electrons. The maximum atomic E-state index is 13.6. The molecule has 1 aliphatic carbocycles. The van der Waals surface area contributed by atoms with Gasteiger partial charge >= 0.3 is 6.18 Å². The first-order chi connectivity index (χ1) is 13.8. The van der Waals surface area contributed by atoms with Gasteiger partial charge in [0, 0.05) is 6.54 Å². The van der Waals surface area contributed by atoms with Gasteiger partial charge in [0.1, 0.15) is 5.82 Å². The number of aromatic nitrogens is 3. The van der Waals surface area contributed by atoms with Crippen molar-refractivity contribution >= 4 is 5.91 Å². The van der Waals surface area contributed by atoms with Crippen molar-refractivity contribution in [2.75, 3.05) is 13.2 Å². The van der Waals surface area contributed by atoms with Gasteiger partial charge in [-0.15, -0.1) is 5.10 Å². The lowest BCUT2D eigenvalue weighted by molar-refractivity contribution is -0.143. The van der Waals surface area contributed by atoms with Gasteiger partial charge in [0.05, 0.1) is 18.4 Å². The molecule has 1 aromatic carbocycles. The minimum Gasteiger partial charge on any atom is -0.376 e. The summed E-state index contributed by atoms with van der Waals surface area (Å²) in [6, 6.07) is 4.46. The first kappa shape index (κ1) is 21.2. The van der Waals surface area contributed by atoms with Crippen molar-refractivity contribution in [2.45, 2.75) is 44.9 Å². The number of halogens is 4. The van der Waals surface area contributed by atoms with E-state index in [0.29, 0.717) is 10.6 Å². The van der Waals surface area contributed by atoms with E-state index in [4.69, 9.17) is 4.74 Å². The SMILES string of the molecule is CC1CCCCC1OCCNC(=O)c1nnn(-c2cccc(F)c2)c1C(F)(F)F. The third-order valence-electron chi connectivity index (χ3n) is 4.96. The third kappa shape index (κ3) is 5.11. The van der Waals surface area contributed by atoms with Gasteiger partial charge in [-0.2, -0.15) is 13.2 Å². The summed E-state index contributed by atoms with van der Waals surface area (Å²) in [6.45, 7) is 2.34. The molecule has 1 saturated carbocycles. The Labute approximate surface area is 165 Å². The quantitative estimate of drug-likeness (QED) is 0.578. The zero-order chi connectivity index (χ0) is 21.0. The molecule has 0 saturated heterocycles. The van der Waals surface area contributed by atoms with E-state index in [1.807, 2.05) is 0 Å². The van der Waals surface area contributed by atoms with Crippen molar-refractivity contribution in [1.29, 1.82) is 0 Å². The van der Waals surface area contributed by atoms with Crippen LogP contribution in [0.5, 0.6) is 0 Å². The number of alkyl halides is 3. The molecule has 10 heteroatoms. The number of benzene rings is 1. The predicted octanol–water partition coefficient (Wildman–Crippen LogP) is 3.75. The summed E-state index contributed by atoms with van der Waals surface area (Å²) >= 11 is 0. The van der Waals surface area contributed by atoms with Crippen molar-refractivity contribution in [1.82, 2.24) is 20.3 Å². The van der Waals surface area contributed by atoms with Crippen molar-refractivity contribution in [3.8, 4) is 5.69 Å². The van der Waals surface area contributed by atoms with Crippen LogP contribution in [-0.2, 0) is 10.9 Å². The molecule has 0 aliphatic heterocycles. The lowest BCUT2D eigenvalue weighted by Crippen LogP contribution is -2.33. The highest BCUT2D eigenvalue weighted by molar-refractivity contribution is 5.93. The predicted molar refractivity (Wildman–Crippen MR) is 96.0 cm³/mol. The smallest absolute Gasteiger partial charge is 0.376 e. The molecular formula is C19H22F4N4O2. The van der Waals surface area contributed by atoms with Gasteiger partial charge in [-0.05, 0) is 37.0 Å². The maximum absolute atomic E-state index is 13.6. The maximum Gasteiger partial charge on any atom is 0.435 e. The van der Waals surface area contributed by atoms with E-state index in [-0.39, 0.29) is 24.9 Å². The van der Waals surface area contributed by atoms with Gasteiger partial charge < -0.3 is 10.1 Å². The molecule has 1 aromatic heterocycles. The number of carbonyl (C=O) groups is 1. The Balaban J connectivity index is 1.68. The van der Waals surface area contributed by atoms with Crippen LogP contribution < -0.4 is 5.32 Å². The van der Waals surface area contributed by atoms with Crippen molar-refractivity contribution in [2.24, 2.45) is 5.92 Å². The molecule has 2 atom stereocenters. The fraction of sp³-hybridized carbons (Fsp3) is 0.526. The number of rotatable bonds is 6. The Morgan fingerprint density at radius 1 is 1.31 bits per heavy atom. The lowest BCUT2D eigenvalue weighted by atomic mass is 9.88. The van der Waals surface area contributed by atoms with Crippen molar-refractivity contribution in [3.63, 3.8) is 0 Å². The van der Waals surface area contributed by atoms with E-state index in [0.717, 1.165) is 31.4 Å². The Bertz CT molecular complexity index is 853. The number of hydrogen-bond acceptors (Lipinski definition) is 4. The van der Waals surface area contributed by atoms with Crippen LogP contribution in [-0.4, -0.2) is 40.2 Å². The largest absolute Gasteiger partial charge is 0.435 e. The highest BCUT2D eigenvalue weighted by atomic mass is 19.4. The van der Waals surface area contributed by atoms with Crippen molar-refractivity contribution in [3.05, 3.63) is 41.5 Å². The first-order valence-corrected chi connectivity index (χ1v) is 9.46. The van der Waals surface area contributed by atoms with E-state index >= 15 is 0 Å². The monoisotopic (exact) mass is 414 g/mol. The van der Waals surface area contributed by atoms with Crippen LogP contribution in [0.2, 0.25) is 0 Å². The molecule has 1 N–H and O–H groups in total. The van der Waals surface area contributed by atoms with E-state index < -0.39 is 29.3 Å². The highest BCUT2D eigenvalue weighted by Crippen LogP contribution is 2.32. The second kappa shape index (κ2) is 8.89. The topological polar surface area (TPSA) is 69.0 Å². The standard InChI is InChI=1S/C19H22F4N4O2/c1-12-5-2-3-8-15(12)29-10-9-24-18(28)16-17(19(21,22)23)27(26-25-16)14-7-4-6-13(20)11-14/h4,6-7,11-12,15H,2-3,5,8-10H2,1H3,(H,24,28). The Morgan fingerprint density at radius 3 is 2.76 bits per heavy atom. The van der Waals surface area contributed by atoms with Gasteiger partial charge in [0.2, 0.25) is 0 Å². The molecule has 1 fully saturated rings. The van der Waals surface area contributed by atoms with Crippen LogP contribution in [0.1, 0.15) is 48.8 Å². The Kier molecular flexibility index (Phi) is 6.51. The van der Waals surface area contributed by atoms with Gasteiger partial charge in [0.15, 0.2) is 11.4 Å². The van der Waals surface area contributed by atoms with Gasteiger partial charge in [-0.25, -0.2) is 9.07 Å². The molecule has 2 aromatic rings. The fourth-order valence-electron chi connectivity index (χ4n) is 3.47. The fourth-order valence-corrected chi connectivity index (χ4v) is 3.47. The minimum atomic E-state index is -4.91. The summed E-state index contributed by atoms with van der Waals surface area (Å²) in [4.78, 5) is 12.3. The summed E-state index contributed by atoms with van der Waals surface area (Å²) in [5, 5.41) is 9.19. The number of ether oxygens (including phenoxy) is 1. The summed E-state index contributed by atoms with van der Waals surface area (Å²) in [6.07, 6.45) is -0.542. The van der Waals surface area contributed by atoms with Crippen molar-refractivity contribution < 1.29 is 27.1 Å². The molecule has 0 spiro atoms. The number of nitrogens with one attached hydrogen (secondary N) is 1. The first-order valence-electron chi connectivity index (χ1n) is 9.46. The number of nitrogens with zero attached hydrogens (tertiary/aromatic N) is 3. The van der Waals surface area contributed by atoms with Crippen LogP contribution in [0.25, 0.3) is 5.69 Å². The summed E-state index contributed by atoms with van der Waals surface area (Å²) < 4.78 is 60.2. The van der Waals surface area contributed by atoms with Gasteiger partial charge in [-0.1, -0.05) is 31.0 Å². The molecule has 0 bridgehead atoms. The molecule has 1 aliphatic rings. The molecule has 158 valence electrons. The third-order valence-corrected chi connectivity index (χ3v) is 4.96. The van der Waals surface area contributed by atoms with E-state index in [1.54, 1.807) is 0 Å². The van der Waals surface area contributed by atoms with Crippen LogP contribution in [0.15, 0.2) is 24.3 Å². The van der Waals surface area contributed by atoms with Crippen LogP contribution in [0.4, 0.5) is 17.6 Å². The van der Waals surface area contributed by atoms with E-state index in [9.17, 15) is 22.4 Å². The zero-order valence-corrected chi connectivity index (χ0v) is 15.9. The summed E-state index contributed by atoms with van der Waals surface area (Å²) in [5.74, 6) is -1.33. The molecule has 29 heavy (non-hydrogen) atoms. The number of amides is 1. The average molecular weight is 414 g/mol. The van der Waals surface area contributed by atoms with Crippen LogP contribution in [0.3, 0.4) is 0 Å². The van der Waals surface area contributed by atoms with E-state index in [1.165, 1.54) is 18.6 Å². The molecule has 1 amide bonds. The molecule has 1 heterocycles. The lowest BCUT2D eigenvalue weighted by Gasteiger charge is -2.28. The van der Waals surface area contributed by atoms with E-state index in [2.05, 4.69) is 22.6 Å². The Morgan fingerprint density at radius 2 is 2.07 bits per heavy atom. The second-order valence-electron chi connectivity index (χ2n) is 7.10. The normalized spacial score (nSPS) is 19.9. The molecule has 2 unspecified atom stereocenters. The zero-order valence-electron chi connectivity index (χ0n) is 15.9. The molecular weight excluding hydrogens is 392 g/mol. The number of hydrogen-bond donors (Lipinski definition) is 1. The van der Waals surface area contributed by atoms with Crippen LogP contribution >= 0.6 is 0 Å². The molecule has 3 rings (SSSR count).